The average Bonchev–Trinajstić information content (AvgIpc) is 3.35. The first kappa shape index (κ1) is 20.5. The Morgan fingerprint density at radius 3 is 2.82 bits per heavy atom. The molecular formula is C23H23N5O4S. The van der Waals surface area contributed by atoms with Gasteiger partial charge in [-0.05, 0) is 35.4 Å². The van der Waals surface area contributed by atoms with E-state index in [4.69, 9.17) is 15.2 Å². The molecule has 2 unspecified atom stereocenters. The van der Waals surface area contributed by atoms with Gasteiger partial charge in [0.2, 0.25) is 0 Å². The summed E-state index contributed by atoms with van der Waals surface area (Å²) in [5.41, 5.74) is 11.6. The number of hydrogen-bond acceptors (Lipinski definition) is 8. The van der Waals surface area contributed by atoms with E-state index in [0.29, 0.717) is 55.6 Å². The van der Waals surface area contributed by atoms with E-state index >= 15 is 0 Å². The minimum Gasteiger partial charge on any atom is -0.383 e. The van der Waals surface area contributed by atoms with Gasteiger partial charge in [-0.1, -0.05) is 6.07 Å². The van der Waals surface area contributed by atoms with Crippen LogP contribution in [-0.2, 0) is 38.8 Å². The van der Waals surface area contributed by atoms with Crippen molar-refractivity contribution < 1.29 is 19.1 Å². The summed E-state index contributed by atoms with van der Waals surface area (Å²) in [6, 6.07) is 5.98. The Bertz CT molecular complexity index is 1250. The fraction of sp³-hybridized carbons (Fsp3) is 0.391. The summed E-state index contributed by atoms with van der Waals surface area (Å²) in [6.07, 6.45) is 1.48. The Labute approximate surface area is 193 Å². The van der Waals surface area contributed by atoms with Gasteiger partial charge in [-0.15, -0.1) is 11.3 Å². The summed E-state index contributed by atoms with van der Waals surface area (Å²) in [4.78, 5) is 36.5. The second-order valence-electron chi connectivity index (χ2n) is 8.83. The van der Waals surface area contributed by atoms with E-state index in [1.807, 2.05) is 18.2 Å². The highest BCUT2D eigenvalue weighted by Crippen LogP contribution is 2.51. The average molecular weight is 466 g/mol. The number of pyridine rings is 1. The van der Waals surface area contributed by atoms with Crippen LogP contribution in [0.4, 0.5) is 11.5 Å². The molecule has 0 spiro atoms. The quantitative estimate of drug-likeness (QED) is 0.554. The fourth-order valence-corrected chi connectivity index (χ4v) is 5.60. The van der Waals surface area contributed by atoms with E-state index in [1.54, 1.807) is 21.7 Å². The van der Waals surface area contributed by atoms with Crippen molar-refractivity contribution in [2.45, 2.75) is 19.8 Å². The van der Waals surface area contributed by atoms with E-state index in [9.17, 15) is 9.59 Å². The second kappa shape index (κ2) is 8.05. The Balaban J connectivity index is 1.22. The van der Waals surface area contributed by atoms with Crippen molar-refractivity contribution in [2.24, 2.45) is 17.8 Å². The van der Waals surface area contributed by atoms with Crippen molar-refractivity contribution in [3.8, 4) is 0 Å². The molecule has 3 N–H and O–H groups in total. The van der Waals surface area contributed by atoms with Crippen LogP contribution in [0.2, 0.25) is 0 Å². The number of nitrogens with one attached hydrogen (secondary N) is 1. The molecule has 2 amide bonds. The number of benzene rings is 1. The number of amides is 2. The third-order valence-electron chi connectivity index (χ3n) is 6.88. The number of carbonyl (C=O) groups excluding carboxylic acids is 2. The first-order valence-corrected chi connectivity index (χ1v) is 11.8. The highest BCUT2D eigenvalue weighted by Gasteiger charge is 2.54. The maximum absolute atomic E-state index is 13.3. The zero-order valence-corrected chi connectivity index (χ0v) is 18.6. The molecular weight excluding hydrogens is 442 g/mol. The van der Waals surface area contributed by atoms with Gasteiger partial charge in [-0.3, -0.25) is 9.59 Å². The van der Waals surface area contributed by atoms with Crippen LogP contribution in [0.3, 0.4) is 0 Å². The predicted octanol–water partition coefficient (Wildman–Crippen LogP) is 2.16. The van der Waals surface area contributed by atoms with Gasteiger partial charge < -0.3 is 25.4 Å². The monoisotopic (exact) mass is 465 g/mol. The van der Waals surface area contributed by atoms with Gasteiger partial charge in [0.1, 0.15) is 5.82 Å². The zero-order valence-electron chi connectivity index (χ0n) is 17.8. The SMILES string of the molecule is Nc1ncc(NC(=O)C(=O)N(Cc2ccc3scnc3c2)CC2C3COCC32)c2c1COC2. The van der Waals surface area contributed by atoms with Crippen LogP contribution in [0.1, 0.15) is 16.7 Å². The Morgan fingerprint density at radius 2 is 1.97 bits per heavy atom. The van der Waals surface area contributed by atoms with Crippen LogP contribution in [0.25, 0.3) is 10.2 Å². The minimum absolute atomic E-state index is 0.328. The summed E-state index contributed by atoms with van der Waals surface area (Å²) in [5, 5.41) is 2.74. The van der Waals surface area contributed by atoms with Crippen LogP contribution in [0.5, 0.6) is 0 Å². The normalized spacial score (nSPS) is 22.7. The van der Waals surface area contributed by atoms with Crippen LogP contribution in [-0.4, -0.2) is 46.4 Å². The van der Waals surface area contributed by atoms with Gasteiger partial charge in [0.15, 0.2) is 0 Å². The van der Waals surface area contributed by atoms with Crippen molar-refractivity contribution in [3.63, 3.8) is 0 Å². The summed E-state index contributed by atoms with van der Waals surface area (Å²) in [5.74, 6) is 0.455. The number of carbonyl (C=O) groups is 2. The van der Waals surface area contributed by atoms with Gasteiger partial charge >= 0.3 is 11.8 Å². The smallest absolute Gasteiger partial charge is 0.313 e. The number of anilines is 2. The minimum atomic E-state index is -0.688. The largest absolute Gasteiger partial charge is 0.383 e. The topological polar surface area (TPSA) is 120 Å². The molecule has 3 aliphatic rings. The van der Waals surface area contributed by atoms with Crippen molar-refractivity contribution in [2.75, 3.05) is 30.8 Å². The van der Waals surface area contributed by atoms with Gasteiger partial charge in [-0.2, -0.15) is 0 Å². The molecule has 6 rings (SSSR count). The maximum atomic E-state index is 13.3. The van der Waals surface area contributed by atoms with Crippen molar-refractivity contribution in [1.29, 1.82) is 0 Å². The van der Waals surface area contributed by atoms with E-state index in [0.717, 1.165) is 40.1 Å². The number of nitrogen functional groups attached to an aromatic ring is 1. The van der Waals surface area contributed by atoms with Gasteiger partial charge in [-0.25, -0.2) is 9.97 Å². The summed E-state index contributed by atoms with van der Waals surface area (Å²) in [6.45, 7) is 3.02. The number of ether oxygens (including phenoxy) is 2. The molecule has 170 valence electrons. The van der Waals surface area contributed by atoms with Gasteiger partial charge in [0.25, 0.3) is 0 Å². The molecule has 3 aromatic rings. The first-order valence-electron chi connectivity index (χ1n) is 10.9. The van der Waals surface area contributed by atoms with Crippen LogP contribution in [0, 0.1) is 17.8 Å². The lowest BCUT2D eigenvalue weighted by Gasteiger charge is -2.23. The summed E-state index contributed by atoms with van der Waals surface area (Å²) >= 11 is 1.58. The number of nitrogens with two attached hydrogens (primary N) is 1. The van der Waals surface area contributed by atoms with Crippen LogP contribution >= 0.6 is 11.3 Å². The second-order valence-corrected chi connectivity index (χ2v) is 9.72. The molecule has 0 bridgehead atoms. The highest BCUT2D eigenvalue weighted by molar-refractivity contribution is 7.16. The number of nitrogens with zero attached hydrogens (tertiary/aromatic N) is 3. The molecule has 2 fully saturated rings. The summed E-state index contributed by atoms with van der Waals surface area (Å²) < 4.78 is 12.0. The van der Waals surface area contributed by atoms with Gasteiger partial charge in [0, 0.05) is 24.2 Å². The molecule has 1 aromatic carbocycles. The first-order chi connectivity index (χ1) is 16.1. The lowest BCUT2D eigenvalue weighted by molar-refractivity contribution is -0.143. The van der Waals surface area contributed by atoms with Crippen molar-refractivity contribution >= 4 is 44.9 Å². The molecule has 33 heavy (non-hydrogen) atoms. The zero-order chi connectivity index (χ0) is 22.5. The molecule has 9 nitrogen and oxygen atoms in total. The number of rotatable bonds is 5. The van der Waals surface area contributed by atoms with E-state index in [-0.39, 0.29) is 0 Å². The third-order valence-corrected chi connectivity index (χ3v) is 7.69. The Kier molecular flexibility index (Phi) is 5.01. The lowest BCUT2D eigenvalue weighted by Crippen LogP contribution is -2.41. The van der Waals surface area contributed by atoms with Gasteiger partial charge in [0.05, 0.1) is 54.0 Å². The maximum Gasteiger partial charge on any atom is 0.313 e. The standard InChI is InChI=1S/C23H23N5O4S/c24-21-17-10-32-9-16(17)19(4-25-21)27-22(29)23(30)28(6-13-14-7-31-8-15(13)14)5-12-1-2-20-18(3-12)26-11-33-20/h1-4,11,13-15H,5-10H2,(H2,24,25)(H,27,29). The molecule has 10 heteroatoms. The summed E-state index contributed by atoms with van der Waals surface area (Å²) in [7, 11) is 0. The predicted molar refractivity (Wildman–Crippen MR) is 122 cm³/mol. The Hall–Kier alpha value is -3.08. The molecule has 1 aliphatic carbocycles. The molecule has 2 atom stereocenters. The van der Waals surface area contributed by atoms with Crippen molar-refractivity contribution in [1.82, 2.24) is 14.9 Å². The molecule has 4 heterocycles. The van der Waals surface area contributed by atoms with Crippen LogP contribution in [0.15, 0.2) is 29.9 Å². The van der Waals surface area contributed by atoms with E-state index in [2.05, 4.69) is 15.3 Å². The third kappa shape index (κ3) is 3.73. The number of thiazole rings is 1. The number of hydrogen-bond donors (Lipinski definition) is 2. The molecule has 2 aromatic heterocycles. The molecule has 1 saturated heterocycles. The highest BCUT2D eigenvalue weighted by atomic mass is 32.1. The lowest BCUT2D eigenvalue weighted by atomic mass is 10.1. The fourth-order valence-electron chi connectivity index (χ4n) is 4.94. The Morgan fingerprint density at radius 1 is 1.15 bits per heavy atom. The van der Waals surface area contributed by atoms with Crippen molar-refractivity contribution in [3.05, 3.63) is 46.6 Å². The number of fused-ring (bicyclic) bond motifs is 3. The van der Waals surface area contributed by atoms with Crippen LogP contribution < -0.4 is 11.1 Å². The number of aromatic nitrogens is 2. The molecule has 1 saturated carbocycles. The molecule has 2 aliphatic heterocycles. The van der Waals surface area contributed by atoms with E-state index < -0.39 is 11.8 Å². The molecule has 0 radical (unpaired) electrons. The van der Waals surface area contributed by atoms with E-state index in [1.165, 1.54) is 6.20 Å².